The first-order chi connectivity index (χ1) is 18.9. The molecule has 1 fully saturated rings. The number of aromatic amines is 1. The molecule has 2 aliphatic rings. The zero-order valence-corrected chi connectivity index (χ0v) is 22.0. The summed E-state index contributed by atoms with van der Waals surface area (Å²) in [5.74, 6) is 0.998. The average molecular weight is 542 g/mol. The number of nitrogens with one attached hydrogen (secondary N) is 1. The van der Waals surface area contributed by atoms with Crippen LogP contribution < -0.4 is 10.3 Å². The zero-order chi connectivity index (χ0) is 27.0. The van der Waals surface area contributed by atoms with Crippen molar-refractivity contribution in [2.75, 3.05) is 6.54 Å². The monoisotopic (exact) mass is 541 g/mol. The van der Waals surface area contributed by atoms with E-state index in [0.717, 1.165) is 29.7 Å². The molecule has 2 N–H and O–H groups in total. The van der Waals surface area contributed by atoms with Crippen LogP contribution in [0.3, 0.4) is 0 Å². The fourth-order valence-corrected chi connectivity index (χ4v) is 5.43. The van der Waals surface area contributed by atoms with E-state index >= 15 is 0 Å². The molecular weight excluding hydrogens is 514 g/mol. The fourth-order valence-electron chi connectivity index (χ4n) is 5.23. The third-order valence-corrected chi connectivity index (χ3v) is 7.87. The summed E-state index contributed by atoms with van der Waals surface area (Å²) >= 11 is 6.02. The van der Waals surface area contributed by atoms with Gasteiger partial charge in [0.15, 0.2) is 6.10 Å². The molecule has 1 aromatic heterocycles. The smallest absolute Gasteiger partial charge is 0.256 e. The van der Waals surface area contributed by atoms with Crippen LogP contribution in [0.2, 0.25) is 5.02 Å². The number of carbonyl (C=O) groups is 1. The number of rotatable bonds is 7. The highest BCUT2D eigenvalue weighted by Crippen LogP contribution is 2.52. The van der Waals surface area contributed by atoms with Crippen LogP contribution in [0.5, 0.6) is 5.75 Å². The molecule has 0 unspecified atom stereocenters. The molecule has 8 heteroatoms. The van der Waals surface area contributed by atoms with E-state index in [0.29, 0.717) is 47.2 Å². The van der Waals surface area contributed by atoms with Crippen LogP contribution in [0.15, 0.2) is 83.7 Å². The van der Waals surface area contributed by atoms with Gasteiger partial charge in [0.05, 0.1) is 23.2 Å². The standard InChI is InChI=1S/C31H28ClN3O4/c32-23-8-4-7-21(17-23)27(36)29(38)35-16-13-26-25(18-35)28(37)34-30(33-26)31(14-15-31)22-9-11-24(12-10-22)39-19-20-5-2-1-3-6-20/h1-12,17,27,36H,13-16,18-19H2,(H,33,34,37)/t27-/m1/s1. The van der Waals surface area contributed by atoms with Gasteiger partial charge in [-0.05, 0) is 53.8 Å². The fraction of sp³-hybridized carbons (Fsp3) is 0.258. The maximum atomic E-state index is 13.2. The molecule has 1 amide bonds. The van der Waals surface area contributed by atoms with Crippen LogP contribution in [0.1, 0.15) is 52.7 Å². The molecule has 2 heterocycles. The summed E-state index contributed by atoms with van der Waals surface area (Å²) in [5, 5.41) is 11.1. The topological polar surface area (TPSA) is 95.5 Å². The first kappa shape index (κ1) is 25.3. The lowest BCUT2D eigenvalue weighted by molar-refractivity contribution is -0.141. The Balaban J connectivity index is 1.17. The van der Waals surface area contributed by atoms with Crippen LogP contribution in [0.25, 0.3) is 0 Å². The number of fused-ring (bicyclic) bond motifs is 1. The number of aliphatic hydroxyl groups is 1. The third kappa shape index (κ3) is 5.07. The van der Waals surface area contributed by atoms with Crippen LogP contribution in [0.4, 0.5) is 0 Å². The van der Waals surface area contributed by atoms with E-state index < -0.39 is 12.0 Å². The van der Waals surface area contributed by atoms with E-state index in [-0.39, 0.29) is 17.5 Å². The number of aliphatic hydroxyl groups excluding tert-OH is 1. The SMILES string of the molecule is O=C([C@H](O)c1cccc(Cl)c1)N1CCc2nc(C3(c4ccc(OCc5ccccc5)cc4)CC3)[nH]c(=O)c2C1. The van der Waals surface area contributed by atoms with E-state index in [4.69, 9.17) is 21.3 Å². The molecule has 3 aromatic carbocycles. The largest absolute Gasteiger partial charge is 0.489 e. The third-order valence-electron chi connectivity index (χ3n) is 7.64. The molecule has 39 heavy (non-hydrogen) atoms. The summed E-state index contributed by atoms with van der Waals surface area (Å²) in [4.78, 5) is 35.6. The van der Waals surface area contributed by atoms with Gasteiger partial charge >= 0.3 is 0 Å². The molecule has 0 spiro atoms. The van der Waals surface area contributed by atoms with Crippen molar-refractivity contribution >= 4 is 17.5 Å². The highest BCUT2D eigenvalue weighted by Gasteiger charge is 2.48. The number of ether oxygens (including phenoxy) is 1. The van der Waals surface area contributed by atoms with E-state index in [1.807, 2.05) is 54.6 Å². The lowest BCUT2D eigenvalue weighted by atomic mass is 9.94. The predicted molar refractivity (Wildman–Crippen MR) is 148 cm³/mol. The summed E-state index contributed by atoms with van der Waals surface area (Å²) in [6.07, 6.45) is 0.902. The number of amides is 1. The van der Waals surface area contributed by atoms with Crippen molar-refractivity contribution in [1.29, 1.82) is 0 Å². The molecule has 0 radical (unpaired) electrons. The highest BCUT2D eigenvalue weighted by atomic mass is 35.5. The second kappa shape index (κ2) is 10.3. The van der Waals surface area contributed by atoms with Gasteiger partial charge in [0, 0.05) is 18.0 Å². The van der Waals surface area contributed by atoms with Crippen molar-refractivity contribution < 1.29 is 14.6 Å². The van der Waals surface area contributed by atoms with Gasteiger partial charge in [-0.15, -0.1) is 0 Å². The highest BCUT2D eigenvalue weighted by molar-refractivity contribution is 6.30. The van der Waals surface area contributed by atoms with Gasteiger partial charge in [-0.1, -0.05) is 66.2 Å². The number of halogens is 1. The lowest BCUT2D eigenvalue weighted by Gasteiger charge is -2.30. The normalized spacial score (nSPS) is 16.3. The van der Waals surface area contributed by atoms with Crippen LogP contribution in [-0.4, -0.2) is 32.4 Å². The molecule has 1 saturated carbocycles. The first-order valence-electron chi connectivity index (χ1n) is 13.1. The Kier molecular flexibility index (Phi) is 6.71. The van der Waals surface area contributed by atoms with Crippen molar-refractivity contribution in [2.45, 2.75) is 43.9 Å². The van der Waals surface area contributed by atoms with E-state index in [1.165, 1.54) is 4.90 Å². The number of aromatic nitrogens is 2. The molecule has 198 valence electrons. The summed E-state index contributed by atoms with van der Waals surface area (Å²) in [7, 11) is 0. The van der Waals surface area contributed by atoms with Crippen molar-refractivity contribution in [1.82, 2.24) is 14.9 Å². The van der Waals surface area contributed by atoms with Crippen LogP contribution in [0, 0.1) is 0 Å². The second-order valence-electron chi connectivity index (χ2n) is 10.2. The van der Waals surface area contributed by atoms with Gasteiger partial charge in [0.2, 0.25) is 0 Å². The number of hydrogen-bond acceptors (Lipinski definition) is 5. The molecule has 6 rings (SSSR count). The van der Waals surface area contributed by atoms with Gasteiger partial charge < -0.3 is 19.7 Å². The van der Waals surface area contributed by atoms with Crippen molar-refractivity contribution in [2.24, 2.45) is 0 Å². The van der Waals surface area contributed by atoms with Crippen LogP contribution in [-0.2, 0) is 29.8 Å². The van der Waals surface area contributed by atoms with E-state index in [2.05, 4.69) is 4.98 Å². The number of carbonyl (C=O) groups excluding carboxylic acids is 1. The van der Waals surface area contributed by atoms with Crippen molar-refractivity contribution in [3.8, 4) is 5.75 Å². The van der Waals surface area contributed by atoms with Crippen molar-refractivity contribution in [3.05, 3.63) is 128 Å². The minimum absolute atomic E-state index is 0.106. The minimum atomic E-state index is -1.34. The number of H-pyrrole nitrogens is 1. The Bertz CT molecular complexity index is 1570. The summed E-state index contributed by atoms with van der Waals surface area (Å²) in [5.41, 5.74) is 3.25. The van der Waals surface area contributed by atoms with Crippen LogP contribution >= 0.6 is 11.6 Å². The Labute approximate surface area is 231 Å². The Hall–Kier alpha value is -3.94. The quantitative estimate of drug-likeness (QED) is 0.353. The number of benzene rings is 3. The number of nitrogens with zero attached hydrogens (tertiary/aromatic N) is 2. The summed E-state index contributed by atoms with van der Waals surface area (Å²) in [6.45, 7) is 0.981. The molecule has 0 saturated heterocycles. The Morgan fingerprint density at radius 3 is 2.56 bits per heavy atom. The van der Waals surface area contributed by atoms with Gasteiger partial charge in [-0.2, -0.15) is 0 Å². The van der Waals surface area contributed by atoms with Gasteiger partial charge in [-0.25, -0.2) is 4.98 Å². The Morgan fingerprint density at radius 2 is 1.85 bits per heavy atom. The second-order valence-corrected chi connectivity index (χ2v) is 10.6. The number of hydrogen-bond donors (Lipinski definition) is 2. The van der Waals surface area contributed by atoms with E-state index in [9.17, 15) is 14.7 Å². The maximum Gasteiger partial charge on any atom is 0.256 e. The summed E-state index contributed by atoms with van der Waals surface area (Å²) in [6, 6.07) is 24.6. The van der Waals surface area contributed by atoms with Gasteiger partial charge in [-0.3, -0.25) is 9.59 Å². The molecule has 1 aliphatic carbocycles. The first-order valence-corrected chi connectivity index (χ1v) is 13.4. The van der Waals surface area contributed by atoms with Crippen molar-refractivity contribution in [3.63, 3.8) is 0 Å². The minimum Gasteiger partial charge on any atom is -0.489 e. The molecular formula is C31H28ClN3O4. The maximum absolute atomic E-state index is 13.2. The summed E-state index contributed by atoms with van der Waals surface area (Å²) < 4.78 is 5.93. The zero-order valence-electron chi connectivity index (χ0n) is 21.3. The Morgan fingerprint density at radius 1 is 1.08 bits per heavy atom. The average Bonchev–Trinajstić information content (AvgIpc) is 3.78. The van der Waals surface area contributed by atoms with Gasteiger partial charge in [0.1, 0.15) is 18.2 Å². The molecule has 1 atom stereocenters. The molecule has 7 nitrogen and oxygen atoms in total. The molecule has 4 aromatic rings. The lowest BCUT2D eigenvalue weighted by Crippen LogP contribution is -2.42. The molecule has 0 bridgehead atoms. The predicted octanol–water partition coefficient (Wildman–Crippen LogP) is 4.70. The van der Waals surface area contributed by atoms with E-state index in [1.54, 1.807) is 24.3 Å². The molecule has 1 aliphatic heterocycles. The van der Waals surface area contributed by atoms with Gasteiger partial charge in [0.25, 0.3) is 11.5 Å².